The minimum Gasteiger partial charge on any atom is -0.508 e. The van der Waals surface area contributed by atoms with Gasteiger partial charge in [0.1, 0.15) is 29.2 Å². The number of thiazole rings is 1. The highest BCUT2D eigenvalue weighted by Crippen LogP contribution is 2.43. The lowest BCUT2D eigenvalue weighted by molar-refractivity contribution is -0.140. The third kappa shape index (κ3) is 14.4. The summed E-state index contributed by atoms with van der Waals surface area (Å²) in [5.74, 6) is -0.825. The molecule has 3 amide bonds. The van der Waals surface area contributed by atoms with Crippen LogP contribution in [0.4, 0.5) is 10.2 Å². The van der Waals surface area contributed by atoms with Crippen LogP contribution in [0, 0.1) is 18.2 Å². The van der Waals surface area contributed by atoms with E-state index in [1.165, 1.54) is 12.1 Å². The molecule has 0 unspecified atom stereocenters. The van der Waals surface area contributed by atoms with Gasteiger partial charge in [-0.15, -0.1) is 11.3 Å². The number of anilines is 1. The molecule has 0 radical (unpaired) electrons. The van der Waals surface area contributed by atoms with E-state index in [2.05, 4.69) is 74.7 Å². The number of phenolic OH excluding ortho intramolecular Hbond substituents is 1. The Labute approximate surface area is 512 Å². The molecule has 0 spiro atoms. The standard InChI is InChI=1S/C65H81ClFN11O7S/c1-9-56(82)76-26-28-77(29-27-76)62-52-35-53(66)57(51-33-47(79)32-46-12-10-11-13-50(46)51)58(67)59(52)71-64(72-62)85-40(2)36-74-20-18-49(19-21-74)84-31-30-73-22-24-75(25-23-73)38-55(81)70-61(65(6,7)8)63(83)78-37-48(80)34-54(78)42(4)69-41(3)44-14-16-45(17-15-44)60-43(5)68-39-86-60/h9-17,32-33,35,39-41,48-49,54,61,69,79-80H,1,4,18-31,34,36-38H2,2-3,5-8H3,(H,70,81)/t40-,41+,48-,54+,61-/m1/s1. The number of ether oxygens (including phenoxy) is 2. The highest BCUT2D eigenvalue weighted by atomic mass is 35.5. The highest BCUT2D eigenvalue weighted by Gasteiger charge is 2.43. The number of benzene rings is 4. The van der Waals surface area contributed by atoms with E-state index in [1.54, 1.807) is 33.3 Å². The normalized spacial score (nSPS) is 19.6. The fourth-order valence-electron chi connectivity index (χ4n) is 12.4. The maximum atomic E-state index is 17.2. The molecule has 458 valence electrons. The first-order valence-corrected chi connectivity index (χ1v) is 31.2. The zero-order valence-electron chi connectivity index (χ0n) is 50.2. The van der Waals surface area contributed by atoms with E-state index in [0.29, 0.717) is 81.3 Å². The van der Waals surface area contributed by atoms with Crippen molar-refractivity contribution in [3.63, 3.8) is 0 Å². The minimum atomic E-state index is -0.809. The maximum Gasteiger partial charge on any atom is 0.319 e. The maximum absolute atomic E-state index is 17.2. The molecule has 0 saturated carbocycles. The number of phenols is 1. The van der Waals surface area contributed by atoms with E-state index in [4.69, 9.17) is 31.0 Å². The van der Waals surface area contributed by atoms with Crippen molar-refractivity contribution in [3.8, 4) is 33.3 Å². The number of nitrogens with one attached hydrogen (secondary N) is 2. The van der Waals surface area contributed by atoms with Gasteiger partial charge in [-0.3, -0.25) is 29.1 Å². The molecule has 6 aromatic rings. The molecule has 2 aromatic heterocycles. The van der Waals surface area contributed by atoms with E-state index >= 15 is 4.39 Å². The Morgan fingerprint density at radius 1 is 0.907 bits per heavy atom. The molecule has 6 heterocycles. The van der Waals surface area contributed by atoms with Crippen molar-refractivity contribution < 1.29 is 38.5 Å². The van der Waals surface area contributed by atoms with Gasteiger partial charge < -0.3 is 45.0 Å². The number of piperazine rings is 2. The van der Waals surface area contributed by atoms with Crippen LogP contribution in [-0.4, -0.2) is 196 Å². The van der Waals surface area contributed by atoms with Crippen LogP contribution < -0.4 is 20.3 Å². The molecular weight excluding hydrogens is 1130 g/mol. The Kier molecular flexibility index (Phi) is 19.6. The third-order valence-corrected chi connectivity index (χ3v) is 18.5. The Hall–Kier alpha value is -6.78. The zero-order chi connectivity index (χ0) is 61.0. The van der Waals surface area contributed by atoms with Crippen LogP contribution in [-0.2, 0) is 19.1 Å². The third-order valence-electron chi connectivity index (χ3n) is 17.2. The summed E-state index contributed by atoms with van der Waals surface area (Å²) in [6, 6.07) is 19.3. The molecule has 86 heavy (non-hydrogen) atoms. The van der Waals surface area contributed by atoms with Gasteiger partial charge in [0.2, 0.25) is 17.7 Å². The van der Waals surface area contributed by atoms with Crippen molar-refractivity contribution in [3.05, 3.63) is 119 Å². The summed E-state index contributed by atoms with van der Waals surface area (Å²) in [7, 11) is 0. The number of amides is 3. The predicted octanol–water partition coefficient (Wildman–Crippen LogP) is 8.44. The molecule has 4 saturated heterocycles. The predicted molar refractivity (Wildman–Crippen MR) is 337 cm³/mol. The van der Waals surface area contributed by atoms with Gasteiger partial charge in [0.15, 0.2) is 5.82 Å². The molecule has 4 N–H and O–H groups in total. The summed E-state index contributed by atoms with van der Waals surface area (Å²) in [4.78, 5) is 68.0. The van der Waals surface area contributed by atoms with Crippen molar-refractivity contribution in [1.29, 1.82) is 0 Å². The molecule has 10 rings (SSSR count). The Balaban J connectivity index is 0.678. The molecule has 0 bridgehead atoms. The number of nitrogens with zero attached hydrogens (tertiary/aromatic N) is 9. The van der Waals surface area contributed by atoms with Crippen LogP contribution in [0.2, 0.25) is 5.02 Å². The Morgan fingerprint density at radius 2 is 1.62 bits per heavy atom. The smallest absolute Gasteiger partial charge is 0.319 e. The number of rotatable bonds is 20. The lowest BCUT2D eigenvalue weighted by Gasteiger charge is -2.38. The second kappa shape index (κ2) is 27.1. The summed E-state index contributed by atoms with van der Waals surface area (Å²) in [6.45, 7) is 28.5. The van der Waals surface area contributed by atoms with Crippen LogP contribution in [0.3, 0.4) is 0 Å². The van der Waals surface area contributed by atoms with Crippen LogP contribution in [0.25, 0.3) is 43.2 Å². The van der Waals surface area contributed by atoms with Crippen LogP contribution >= 0.6 is 22.9 Å². The number of hydrogen-bond donors (Lipinski definition) is 4. The number of aliphatic hydroxyl groups is 1. The largest absolute Gasteiger partial charge is 0.508 e. The SMILES string of the molecule is C=CC(=O)N1CCN(c2nc(O[C@H](C)CN3CCC(OCCN4CCN(CC(=O)N[C@H](C(=O)N5C[C@H](O)C[C@H]5C(=C)N[C@@H](C)c5ccc(-c6scnc6C)cc5)C(C)(C)C)CC4)CC3)nc3c(F)c(-c4cc(O)cc5ccccc45)c(Cl)cc23)CC1. The summed E-state index contributed by atoms with van der Waals surface area (Å²) in [6.07, 6.45) is 2.42. The number of piperidine rings is 1. The molecule has 4 aliphatic heterocycles. The molecule has 4 aliphatic rings. The topological polar surface area (TPSA) is 192 Å². The van der Waals surface area contributed by atoms with E-state index in [-0.39, 0.29) is 76.9 Å². The first-order valence-electron chi connectivity index (χ1n) is 30.0. The first kappa shape index (κ1) is 62.3. The van der Waals surface area contributed by atoms with E-state index < -0.39 is 29.4 Å². The van der Waals surface area contributed by atoms with Crippen LogP contribution in [0.15, 0.2) is 97.2 Å². The summed E-state index contributed by atoms with van der Waals surface area (Å²) in [5.41, 5.74) is 5.67. The van der Waals surface area contributed by atoms with Crippen LogP contribution in [0.5, 0.6) is 11.8 Å². The van der Waals surface area contributed by atoms with Gasteiger partial charge in [0.25, 0.3) is 0 Å². The minimum absolute atomic E-state index is 0.0211. The number of likely N-dealkylation sites (tertiary alicyclic amines) is 2. The number of aryl methyl sites for hydroxylation is 1. The fraction of sp³-hybridized carbons (Fsp3) is 0.477. The van der Waals surface area contributed by atoms with E-state index in [1.807, 2.05) is 69.3 Å². The van der Waals surface area contributed by atoms with Gasteiger partial charge in [-0.1, -0.05) is 94.1 Å². The number of aliphatic hydroxyl groups excluding tert-OH is 1. The molecule has 4 aromatic carbocycles. The molecule has 18 nitrogen and oxygen atoms in total. The number of aromatic nitrogens is 3. The summed E-state index contributed by atoms with van der Waals surface area (Å²) >= 11 is 8.58. The number of carbonyl (C=O) groups excluding carboxylic acids is 3. The second-order valence-electron chi connectivity index (χ2n) is 24.5. The van der Waals surface area contributed by atoms with Gasteiger partial charge in [-0.25, -0.2) is 9.37 Å². The first-order chi connectivity index (χ1) is 41.2. The average Bonchev–Trinajstić information content (AvgIpc) is 1.05. The monoisotopic (exact) mass is 1210 g/mol. The molecule has 5 atom stereocenters. The number of fused-ring (bicyclic) bond motifs is 2. The highest BCUT2D eigenvalue weighted by molar-refractivity contribution is 7.13. The second-order valence-corrected chi connectivity index (χ2v) is 25.7. The fourth-order valence-corrected chi connectivity index (χ4v) is 13.5. The van der Waals surface area contributed by atoms with Crippen molar-refractivity contribution in [1.82, 2.24) is 50.1 Å². The molecule has 21 heteroatoms. The zero-order valence-corrected chi connectivity index (χ0v) is 51.8. The van der Waals surface area contributed by atoms with Gasteiger partial charge in [-0.2, -0.15) is 9.97 Å². The van der Waals surface area contributed by atoms with Crippen molar-refractivity contribution >= 4 is 68.2 Å². The van der Waals surface area contributed by atoms with E-state index in [9.17, 15) is 24.6 Å². The summed E-state index contributed by atoms with van der Waals surface area (Å²) in [5, 5.41) is 30.2. The van der Waals surface area contributed by atoms with Crippen molar-refractivity contribution in [2.24, 2.45) is 5.41 Å². The van der Waals surface area contributed by atoms with Crippen molar-refractivity contribution in [2.45, 2.75) is 97.2 Å². The Bertz CT molecular complexity index is 3430. The Morgan fingerprint density at radius 3 is 2.30 bits per heavy atom. The molecular formula is C65H81ClFN11O7S. The molecule has 0 aliphatic carbocycles. The van der Waals surface area contributed by atoms with Crippen molar-refractivity contribution in [2.75, 3.05) is 103 Å². The van der Waals surface area contributed by atoms with E-state index in [0.717, 1.165) is 78.0 Å². The quantitative estimate of drug-likeness (QED) is 0.0532. The lowest BCUT2D eigenvalue weighted by atomic mass is 9.85. The number of aromatic hydroxyl groups is 1. The van der Waals surface area contributed by atoms with Gasteiger partial charge >= 0.3 is 6.01 Å². The number of β-amino-alcohol motifs (C(OH)–C–C–N with tert-alkyl or cyclic N) is 1. The molecule has 4 fully saturated rings. The number of halogens is 2. The number of carbonyl (C=O) groups is 3. The van der Waals surface area contributed by atoms with Gasteiger partial charge in [0, 0.05) is 114 Å². The van der Waals surface area contributed by atoms with Gasteiger partial charge in [-0.05, 0) is 90.8 Å². The summed E-state index contributed by atoms with van der Waals surface area (Å²) < 4.78 is 30.1. The average molecular weight is 1210 g/mol. The van der Waals surface area contributed by atoms with Gasteiger partial charge in [0.05, 0.1) is 52.5 Å². The van der Waals surface area contributed by atoms with Crippen LogP contribution in [0.1, 0.15) is 71.2 Å². The lowest BCUT2D eigenvalue weighted by Crippen LogP contribution is -2.58. The number of hydrogen-bond acceptors (Lipinski definition) is 16.